The van der Waals surface area contributed by atoms with Gasteiger partial charge in [0.15, 0.2) is 0 Å². The maximum atomic E-state index is 12.4. The fourth-order valence-electron chi connectivity index (χ4n) is 2.42. The van der Waals surface area contributed by atoms with Gasteiger partial charge < -0.3 is 14.4 Å². The van der Waals surface area contributed by atoms with Crippen molar-refractivity contribution in [3.8, 4) is 11.5 Å². The Bertz CT molecular complexity index is 681. The molecule has 0 aliphatic carbocycles. The Morgan fingerprint density at radius 3 is 2.29 bits per heavy atom. The molecule has 0 aromatic heterocycles. The minimum Gasteiger partial charge on any atom is -0.497 e. The Morgan fingerprint density at radius 1 is 1.08 bits per heavy atom. The number of amides is 1. The number of carbonyl (C=O) groups excluding carboxylic acids is 1. The second-order valence-corrected chi connectivity index (χ2v) is 6.42. The van der Waals surface area contributed by atoms with Crippen molar-refractivity contribution in [1.82, 2.24) is 4.90 Å². The number of aryl methyl sites for hydroxylation is 1. The molecule has 128 valence electrons. The Hall–Kier alpha value is -2.01. The first-order valence-electron chi connectivity index (χ1n) is 7.72. The number of ether oxygens (including phenoxy) is 2. The van der Waals surface area contributed by atoms with Crippen molar-refractivity contribution in [3.63, 3.8) is 0 Å². The summed E-state index contributed by atoms with van der Waals surface area (Å²) in [4.78, 5) is 14.1. The summed E-state index contributed by atoms with van der Waals surface area (Å²) in [6.07, 6.45) is 1.09. The molecule has 1 amide bonds. The van der Waals surface area contributed by atoms with Crippen LogP contribution in [0.5, 0.6) is 11.5 Å². The van der Waals surface area contributed by atoms with Crippen LogP contribution in [0.1, 0.15) is 17.5 Å². The number of nitrogens with zero attached hydrogens (tertiary/aromatic N) is 1. The van der Waals surface area contributed by atoms with E-state index in [1.54, 1.807) is 19.1 Å². The summed E-state index contributed by atoms with van der Waals surface area (Å²) >= 11 is 3.52. The van der Waals surface area contributed by atoms with Crippen molar-refractivity contribution >= 4 is 21.8 Å². The van der Waals surface area contributed by atoms with Gasteiger partial charge in [-0.15, -0.1) is 0 Å². The second-order valence-electron chi connectivity index (χ2n) is 5.56. The van der Waals surface area contributed by atoms with E-state index in [1.807, 2.05) is 49.5 Å². The lowest BCUT2D eigenvalue weighted by Gasteiger charge is -2.18. The molecule has 0 heterocycles. The van der Waals surface area contributed by atoms with Crippen molar-refractivity contribution in [2.75, 3.05) is 21.3 Å². The van der Waals surface area contributed by atoms with Crippen molar-refractivity contribution in [1.29, 1.82) is 0 Å². The normalized spacial score (nSPS) is 10.3. The molecule has 0 saturated carbocycles. The Kier molecular flexibility index (Phi) is 6.67. The molecule has 5 heteroatoms. The van der Waals surface area contributed by atoms with Gasteiger partial charge in [-0.2, -0.15) is 0 Å². The number of halogens is 1. The first-order valence-corrected chi connectivity index (χ1v) is 8.52. The van der Waals surface area contributed by atoms with Crippen LogP contribution in [0.3, 0.4) is 0 Å². The number of hydrogen-bond acceptors (Lipinski definition) is 3. The van der Waals surface area contributed by atoms with Crippen LogP contribution in [0.4, 0.5) is 0 Å². The molecule has 0 radical (unpaired) electrons. The van der Waals surface area contributed by atoms with E-state index < -0.39 is 0 Å². The van der Waals surface area contributed by atoms with Crippen LogP contribution in [0.25, 0.3) is 0 Å². The number of methoxy groups -OCH3 is 2. The summed E-state index contributed by atoms with van der Waals surface area (Å²) in [6.45, 7) is 0.585. The molecule has 2 rings (SSSR count). The van der Waals surface area contributed by atoms with E-state index in [0.717, 1.165) is 27.1 Å². The zero-order valence-corrected chi connectivity index (χ0v) is 15.8. The van der Waals surface area contributed by atoms with E-state index in [1.165, 1.54) is 0 Å². The summed E-state index contributed by atoms with van der Waals surface area (Å²) in [6, 6.07) is 13.6. The second kappa shape index (κ2) is 8.73. The van der Waals surface area contributed by atoms with Crippen LogP contribution in [0.15, 0.2) is 46.9 Å². The highest BCUT2D eigenvalue weighted by Crippen LogP contribution is 2.23. The third kappa shape index (κ3) is 4.99. The highest BCUT2D eigenvalue weighted by molar-refractivity contribution is 9.10. The monoisotopic (exact) mass is 391 g/mol. The minimum absolute atomic E-state index is 0.104. The van der Waals surface area contributed by atoms with Gasteiger partial charge >= 0.3 is 0 Å². The molecule has 24 heavy (non-hydrogen) atoms. The van der Waals surface area contributed by atoms with E-state index in [0.29, 0.717) is 19.4 Å². The largest absolute Gasteiger partial charge is 0.497 e. The van der Waals surface area contributed by atoms with E-state index in [2.05, 4.69) is 15.9 Å². The van der Waals surface area contributed by atoms with E-state index in [4.69, 9.17) is 9.47 Å². The maximum absolute atomic E-state index is 12.4. The number of rotatable bonds is 7. The van der Waals surface area contributed by atoms with E-state index in [-0.39, 0.29) is 5.91 Å². The van der Waals surface area contributed by atoms with Crippen LogP contribution in [-0.4, -0.2) is 32.1 Å². The summed E-state index contributed by atoms with van der Waals surface area (Å²) in [7, 11) is 5.07. The molecule has 0 aliphatic rings. The summed E-state index contributed by atoms with van der Waals surface area (Å²) in [5, 5.41) is 0. The third-order valence-electron chi connectivity index (χ3n) is 3.83. The van der Waals surface area contributed by atoms with Crippen molar-refractivity contribution in [2.45, 2.75) is 19.4 Å². The summed E-state index contributed by atoms with van der Waals surface area (Å²) < 4.78 is 11.5. The van der Waals surface area contributed by atoms with Gasteiger partial charge in [0.2, 0.25) is 5.91 Å². The third-order valence-corrected chi connectivity index (χ3v) is 4.60. The molecule has 2 aromatic carbocycles. The van der Waals surface area contributed by atoms with Gasteiger partial charge in [0.05, 0.1) is 14.2 Å². The Morgan fingerprint density at radius 2 is 1.71 bits per heavy atom. The average Bonchev–Trinajstić information content (AvgIpc) is 2.61. The van der Waals surface area contributed by atoms with Crippen molar-refractivity contribution in [3.05, 3.63) is 58.1 Å². The Balaban J connectivity index is 1.96. The number of hydrogen-bond donors (Lipinski definition) is 0. The minimum atomic E-state index is 0.104. The van der Waals surface area contributed by atoms with Gasteiger partial charge in [-0.25, -0.2) is 0 Å². The zero-order chi connectivity index (χ0) is 17.5. The molecular formula is C19H22BrNO3. The average molecular weight is 392 g/mol. The van der Waals surface area contributed by atoms with Gasteiger partial charge in [0, 0.05) is 30.6 Å². The van der Waals surface area contributed by atoms with E-state index >= 15 is 0 Å². The highest BCUT2D eigenvalue weighted by atomic mass is 79.9. The lowest BCUT2D eigenvalue weighted by Crippen LogP contribution is -2.26. The lowest BCUT2D eigenvalue weighted by molar-refractivity contribution is -0.130. The SMILES string of the molecule is COc1cc(CCC(=O)N(C)Cc2ccccc2Br)cc(OC)c1. The molecule has 0 spiro atoms. The number of carbonyl (C=O) groups is 1. The predicted octanol–water partition coefficient (Wildman–Crippen LogP) is 4.06. The molecule has 0 saturated heterocycles. The molecule has 2 aromatic rings. The van der Waals surface area contributed by atoms with Crippen molar-refractivity contribution in [2.24, 2.45) is 0 Å². The maximum Gasteiger partial charge on any atom is 0.222 e. The summed E-state index contributed by atoms with van der Waals surface area (Å²) in [5.74, 6) is 1.57. The zero-order valence-electron chi connectivity index (χ0n) is 14.2. The molecule has 0 aliphatic heterocycles. The van der Waals surface area contributed by atoms with Gasteiger partial charge in [-0.3, -0.25) is 4.79 Å². The van der Waals surface area contributed by atoms with Crippen LogP contribution >= 0.6 is 15.9 Å². The molecule has 4 nitrogen and oxygen atoms in total. The molecule has 0 atom stereocenters. The van der Waals surface area contributed by atoms with Crippen LogP contribution < -0.4 is 9.47 Å². The van der Waals surface area contributed by atoms with Crippen LogP contribution in [0, 0.1) is 0 Å². The summed E-state index contributed by atoms with van der Waals surface area (Å²) in [5.41, 5.74) is 2.12. The van der Waals surface area contributed by atoms with Crippen molar-refractivity contribution < 1.29 is 14.3 Å². The molecule has 0 N–H and O–H groups in total. The molecule has 0 fully saturated rings. The smallest absolute Gasteiger partial charge is 0.222 e. The molecular weight excluding hydrogens is 370 g/mol. The predicted molar refractivity (Wildman–Crippen MR) is 98.5 cm³/mol. The van der Waals surface area contributed by atoms with Gasteiger partial charge in [-0.05, 0) is 35.7 Å². The van der Waals surface area contributed by atoms with E-state index in [9.17, 15) is 4.79 Å². The number of benzene rings is 2. The van der Waals surface area contributed by atoms with Crippen LogP contribution in [0.2, 0.25) is 0 Å². The molecule has 0 unspecified atom stereocenters. The lowest BCUT2D eigenvalue weighted by atomic mass is 10.1. The van der Waals surface area contributed by atoms with Gasteiger partial charge in [-0.1, -0.05) is 34.1 Å². The topological polar surface area (TPSA) is 38.8 Å². The molecule has 0 bridgehead atoms. The van der Waals surface area contributed by atoms with Gasteiger partial charge in [0.25, 0.3) is 0 Å². The van der Waals surface area contributed by atoms with Gasteiger partial charge in [0.1, 0.15) is 11.5 Å². The highest BCUT2D eigenvalue weighted by Gasteiger charge is 2.12. The first-order chi connectivity index (χ1) is 11.5. The van der Waals surface area contributed by atoms with Crippen LogP contribution in [-0.2, 0) is 17.8 Å². The Labute approximate surface area is 151 Å². The fourth-order valence-corrected chi connectivity index (χ4v) is 2.83. The standard InChI is InChI=1S/C19H22BrNO3/c1-21(13-15-6-4-5-7-18(15)20)19(22)9-8-14-10-16(23-2)12-17(11-14)24-3/h4-7,10-12H,8-9,13H2,1-3H3. The first kappa shape index (κ1) is 18.3. The fraction of sp³-hybridized carbons (Fsp3) is 0.316. The quantitative estimate of drug-likeness (QED) is 0.714.